The topological polar surface area (TPSA) is 54.3 Å². The monoisotopic (exact) mass is 286 g/mol. The molecular formula is C17H22N2O2. The minimum atomic E-state index is -0.0363. The summed E-state index contributed by atoms with van der Waals surface area (Å²) in [7, 11) is 0. The summed E-state index contributed by atoms with van der Waals surface area (Å²) in [6.45, 7) is 7.25. The Hall–Kier alpha value is -2.23. The van der Waals surface area contributed by atoms with Crippen molar-refractivity contribution in [1.82, 2.24) is 5.32 Å². The number of furan rings is 1. The first kappa shape index (κ1) is 15.2. The highest BCUT2D eigenvalue weighted by molar-refractivity contribution is 5.94. The van der Waals surface area contributed by atoms with Crippen LogP contribution in [0.5, 0.6) is 0 Å². The van der Waals surface area contributed by atoms with E-state index in [0.29, 0.717) is 18.7 Å². The van der Waals surface area contributed by atoms with Crippen molar-refractivity contribution >= 4 is 11.6 Å². The second-order valence-electron chi connectivity index (χ2n) is 4.96. The van der Waals surface area contributed by atoms with Crippen LogP contribution in [-0.2, 0) is 13.0 Å². The molecule has 0 saturated carbocycles. The maximum atomic E-state index is 11.8. The molecule has 0 bridgehead atoms. The Balaban J connectivity index is 2.02. The number of amides is 1. The molecule has 0 fully saturated rings. The Morgan fingerprint density at radius 2 is 1.90 bits per heavy atom. The molecule has 0 aliphatic rings. The molecule has 1 heterocycles. The predicted octanol–water partition coefficient (Wildman–Crippen LogP) is 3.51. The van der Waals surface area contributed by atoms with E-state index in [0.717, 1.165) is 29.2 Å². The SMILES string of the molecule is CCNC(=O)c1ccc(NCc2ccc(CC)o2)c(C)c1. The summed E-state index contributed by atoms with van der Waals surface area (Å²) in [6.07, 6.45) is 0.903. The second kappa shape index (κ2) is 6.97. The van der Waals surface area contributed by atoms with E-state index in [1.54, 1.807) is 0 Å². The van der Waals surface area contributed by atoms with Gasteiger partial charge in [-0.2, -0.15) is 0 Å². The molecule has 21 heavy (non-hydrogen) atoms. The van der Waals surface area contributed by atoms with Crippen LogP contribution in [0.2, 0.25) is 0 Å². The summed E-state index contributed by atoms with van der Waals surface area (Å²) in [4.78, 5) is 11.8. The van der Waals surface area contributed by atoms with E-state index in [2.05, 4.69) is 17.6 Å². The third-order valence-electron chi connectivity index (χ3n) is 3.34. The molecule has 4 heteroatoms. The third kappa shape index (κ3) is 3.88. The van der Waals surface area contributed by atoms with E-state index in [1.807, 2.05) is 44.2 Å². The van der Waals surface area contributed by atoms with E-state index >= 15 is 0 Å². The molecule has 1 amide bonds. The fourth-order valence-corrected chi connectivity index (χ4v) is 2.16. The summed E-state index contributed by atoms with van der Waals surface area (Å²) < 4.78 is 5.66. The van der Waals surface area contributed by atoms with Gasteiger partial charge in [0.15, 0.2) is 0 Å². The Labute approximate surface area is 125 Å². The molecule has 0 atom stereocenters. The van der Waals surface area contributed by atoms with Gasteiger partial charge in [-0.15, -0.1) is 0 Å². The van der Waals surface area contributed by atoms with E-state index < -0.39 is 0 Å². The van der Waals surface area contributed by atoms with Crippen LogP contribution in [0.1, 0.15) is 41.3 Å². The summed E-state index contributed by atoms with van der Waals surface area (Å²) in [5.74, 6) is 1.87. The van der Waals surface area contributed by atoms with E-state index in [4.69, 9.17) is 4.42 Å². The summed E-state index contributed by atoms with van der Waals surface area (Å²) in [6, 6.07) is 9.66. The van der Waals surface area contributed by atoms with Crippen LogP contribution in [0.15, 0.2) is 34.7 Å². The number of nitrogens with one attached hydrogen (secondary N) is 2. The highest BCUT2D eigenvalue weighted by Crippen LogP contribution is 2.18. The number of carbonyl (C=O) groups is 1. The molecular weight excluding hydrogens is 264 g/mol. The lowest BCUT2D eigenvalue weighted by atomic mass is 10.1. The van der Waals surface area contributed by atoms with Crippen molar-refractivity contribution in [3.05, 3.63) is 53.0 Å². The van der Waals surface area contributed by atoms with Gasteiger partial charge >= 0.3 is 0 Å². The van der Waals surface area contributed by atoms with Crippen molar-refractivity contribution in [2.75, 3.05) is 11.9 Å². The average molecular weight is 286 g/mol. The lowest BCUT2D eigenvalue weighted by Gasteiger charge is -2.10. The summed E-state index contributed by atoms with van der Waals surface area (Å²) >= 11 is 0. The lowest BCUT2D eigenvalue weighted by Crippen LogP contribution is -2.22. The first-order chi connectivity index (χ1) is 10.1. The molecule has 0 spiro atoms. The van der Waals surface area contributed by atoms with Crippen molar-refractivity contribution in [3.8, 4) is 0 Å². The molecule has 0 radical (unpaired) electrons. The maximum Gasteiger partial charge on any atom is 0.251 e. The van der Waals surface area contributed by atoms with Gasteiger partial charge < -0.3 is 15.1 Å². The van der Waals surface area contributed by atoms with Gasteiger partial charge in [0.05, 0.1) is 6.54 Å². The smallest absolute Gasteiger partial charge is 0.251 e. The van der Waals surface area contributed by atoms with Crippen molar-refractivity contribution < 1.29 is 9.21 Å². The van der Waals surface area contributed by atoms with Gasteiger partial charge in [-0.05, 0) is 49.7 Å². The van der Waals surface area contributed by atoms with Crippen LogP contribution in [0.25, 0.3) is 0 Å². The number of anilines is 1. The molecule has 0 unspecified atom stereocenters. The van der Waals surface area contributed by atoms with Gasteiger partial charge in [0.25, 0.3) is 5.91 Å². The molecule has 2 aromatic rings. The Bertz CT molecular complexity index is 617. The molecule has 2 rings (SSSR count). The fraction of sp³-hybridized carbons (Fsp3) is 0.353. The number of hydrogen-bond acceptors (Lipinski definition) is 3. The number of carbonyl (C=O) groups excluding carboxylic acids is 1. The zero-order valence-electron chi connectivity index (χ0n) is 12.8. The lowest BCUT2D eigenvalue weighted by molar-refractivity contribution is 0.0956. The largest absolute Gasteiger partial charge is 0.464 e. The number of benzene rings is 1. The number of rotatable bonds is 6. The van der Waals surface area contributed by atoms with Crippen molar-refractivity contribution in [1.29, 1.82) is 0 Å². The predicted molar refractivity (Wildman–Crippen MR) is 84.6 cm³/mol. The molecule has 1 aromatic carbocycles. The highest BCUT2D eigenvalue weighted by Gasteiger charge is 2.07. The van der Waals surface area contributed by atoms with Crippen LogP contribution in [0.4, 0.5) is 5.69 Å². The molecule has 112 valence electrons. The molecule has 1 aromatic heterocycles. The quantitative estimate of drug-likeness (QED) is 0.854. The molecule has 2 N–H and O–H groups in total. The van der Waals surface area contributed by atoms with Gasteiger partial charge in [-0.3, -0.25) is 4.79 Å². The van der Waals surface area contributed by atoms with Crippen LogP contribution >= 0.6 is 0 Å². The van der Waals surface area contributed by atoms with Gasteiger partial charge in [-0.1, -0.05) is 6.92 Å². The molecule has 0 aliphatic heterocycles. The molecule has 0 aliphatic carbocycles. The standard InChI is InChI=1S/C17H22N2O2/c1-4-14-7-8-15(21-14)11-19-16-9-6-13(10-12(16)3)17(20)18-5-2/h6-10,19H,4-5,11H2,1-3H3,(H,18,20). The van der Waals surface area contributed by atoms with E-state index in [9.17, 15) is 4.79 Å². The Morgan fingerprint density at radius 3 is 2.52 bits per heavy atom. The van der Waals surface area contributed by atoms with E-state index in [1.165, 1.54) is 0 Å². The van der Waals surface area contributed by atoms with Gasteiger partial charge in [0.2, 0.25) is 0 Å². The number of hydrogen-bond donors (Lipinski definition) is 2. The van der Waals surface area contributed by atoms with Crippen LogP contribution < -0.4 is 10.6 Å². The van der Waals surface area contributed by atoms with Gasteiger partial charge in [-0.25, -0.2) is 0 Å². The normalized spacial score (nSPS) is 10.4. The van der Waals surface area contributed by atoms with Crippen LogP contribution in [0, 0.1) is 6.92 Å². The van der Waals surface area contributed by atoms with Gasteiger partial charge in [0.1, 0.15) is 11.5 Å². The molecule has 0 saturated heterocycles. The second-order valence-corrected chi connectivity index (χ2v) is 4.96. The zero-order chi connectivity index (χ0) is 15.2. The van der Waals surface area contributed by atoms with Crippen molar-refractivity contribution in [3.63, 3.8) is 0 Å². The number of aryl methyl sites for hydroxylation is 2. The Morgan fingerprint density at radius 1 is 1.14 bits per heavy atom. The van der Waals surface area contributed by atoms with Crippen LogP contribution in [-0.4, -0.2) is 12.5 Å². The third-order valence-corrected chi connectivity index (χ3v) is 3.34. The molecule has 4 nitrogen and oxygen atoms in total. The Kier molecular flexibility index (Phi) is 5.04. The first-order valence-corrected chi connectivity index (χ1v) is 7.34. The first-order valence-electron chi connectivity index (χ1n) is 7.34. The summed E-state index contributed by atoms with van der Waals surface area (Å²) in [5.41, 5.74) is 2.74. The highest BCUT2D eigenvalue weighted by atomic mass is 16.3. The minimum Gasteiger partial charge on any atom is -0.464 e. The fourth-order valence-electron chi connectivity index (χ4n) is 2.16. The van der Waals surface area contributed by atoms with Crippen LogP contribution in [0.3, 0.4) is 0 Å². The minimum absolute atomic E-state index is 0.0363. The average Bonchev–Trinajstić information content (AvgIpc) is 2.94. The van der Waals surface area contributed by atoms with Crippen molar-refractivity contribution in [2.24, 2.45) is 0 Å². The van der Waals surface area contributed by atoms with Crippen molar-refractivity contribution in [2.45, 2.75) is 33.7 Å². The zero-order valence-corrected chi connectivity index (χ0v) is 12.8. The van der Waals surface area contributed by atoms with Gasteiger partial charge in [0, 0.05) is 24.2 Å². The van der Waals surface area contributed by atoms with E-state index in [-0.39, 0.29) is 5.91 Å². The summed E-state index contributed by atoms with van der Waals surface area (Å²) in [5, 5.41) is 6.14. The maximum absolute atomic E-state index is 11.8.